The van der Waals surface area contributed by atoms with Gasteiger partial charge in [-0.15, -0.1) is 11.3 Å². The fourth-order valence-electron chi connectivity index (χ4n) is 2.33. The van der Waals surface area contributed by atoms with Crippen LogP contribution in [-0.2, 0) is 0 Å². The first-order valence-corrected chi connectivity index (χ1v) is 7.69. The molecular formula is C15H21N3OS. The summed E-state index contributed by atoms with van der Waals surface area (Å²) >= 11 is 1.38. The number of carbonyl (C=O) groups is 1. The number of hydrogen-bond acceptors (Lipinski definition) is 4. The van der Waals surface area contributed by atoms with Crippen LogP contribution in [0.1, 0.15) is 41.9 Å². The van der Waals surface area contributed by atoms with Gasteiger partial charge in [0.25, 0.3) is 5.91 Å². The number of rotatable bonds is 4. The van der Waals surface area contributed by atoms with Crippen LogP contribution in [-0.4, -0.2) is 28.9 Å². The number of nitrogen functional groups attached to an aromatic ring is 1. The van der Waals surface area contributed by atoms with Gasteiger partial charge in [-0.05, 0) is 31.9 Å². The van der Waals surface area contributed by atoms with Crippen molar-refractivity contribution in [3.05, 3.63) is 22.7 Å². The zero-order valence-electron chi connectivity index (χ0n) is 12.4. The number of hydrogen-bond donors (Lipinski definition) is 1. The highest BCUT2D eigenvalue weighted by molar-refractivity contribution is 7.21. The van der Waals surface area contributed by atoms with Crippen molar-refractivity contribution >= 4 is 33.1 Å². The Bertz CT molecular complexity index is 635. The molecule has 1 atom stereocenters. The van der Waals surface area contributed by atoms with Crippen LogP contribution in [0.25, 0.3) is 10.2 Å². The van der Waals surface area contributed by atoms with Gasteiger partial charge in [0.2, 0.25) is 0 Å². The Labute approximate surface area is 123 Å². The number of nitrogens with zero attached hydrogens (tertiary/aromatic N) is 2. The van der Waals surface area contributed by atoms with E-state index < -0.39 is 0 Å². The van der Waals surface area contributed by atoms with Crippen LogP contribution >= 0.6 is 11.3 Å². The van der Waals surface area contributed by atoms with Gasteiger partial charge in [0.05, 0.1) is 5.69 Å². The maximum Gasteiger partial charge on any atom is 0.266 e. The highest BCUT2D eigenvalue weighted by Gasteiger charge is 2.23. The van der Waals surface area contributed by atoms with E-state index in [9.17, 15) is 4.79 Å². The van der Waals surface area contributed by atoms with Gasteiger partial charge < -0.3 is 10.6 Å². The van der Waals surface area contributed by atoms with Crippen LogP contribution in [0.5, 0.6) is 0 Å². The average molecular weight is 291 g/mol. The lowest BCUT2D eigenvalue weighted by Gasteiger charge is -2.24. The third kappa shape index (κ3) is 2.50. The summed E-state index contributed by atoms with van der Waals surface area (Å²) in [5.74, 6) is -0.00847. The third-order valence-corrected chi connectivity index (χ3v) is 4.82. The van der Waals surface area contributed by atoms with Crippen molar-refractivity contribution in [2.75, 3.05) is 12.8 Å². The molecule has 0 fully saturated rings. The molecule has 0 aromatic carbocycles. The minimum Gasteiger partial charge on any atom is -0.397 e. The normalized spacial score (nSPS) is 12.6. The van der Waals surface area contributed by atoms with Crippen molar-refractivity contribution in [1.29, 1.82) is 0 Å². The minimum atomic E-state index is -0.00847. The number of nitrogens with two attached hydrogens (primary N) is 1. The van der Waals surface area contributed by atoms with Crippen LogP contribution < -0.4 is 5.73 Å². The molecular weight excluding hydrogens is 270 g/mol. The summed E-state index contributed by atoms with van der Waals surface area (Å²) in [6.45, 7) is 6.18. The standard InChI is InChI=1S/C15H21N3OS/c1-5-6-10(3)18(4)15(19)13-12(16)11-9(2)7-8-17-14(11)20-13/h7-8,10H,5-6,16H2,1-4H3. The number of carbonyl (C=O) groups excluding carboxylic acids is 1. The molecule has 2 heterocycles. The van der Waals surface area contributed by atoms with Crippen molar-refractivity contribution in [2.24, 2.45) is 0 Å². The molecule has 1 unspecified atom stereocenters. The number of amides is 1. The number of aryl methyl sites for hydroxylation is 1. The Morgan fingerprint density at radius 3 is 2.85 bits per heavy atom. The largest absolute Gasteiger partial charge is 0.397 e. The van der Waals surface area contributed by atoms with E-state index in [1.54, 1.807) is 11.1 Å². The van der Waals surface area contributed by atoms with Gasteiger partial charge in [0.1, 0.15) is 9.71 Å². The smallest absolute Gasteiger partial charge is 0.266 e. The third-order valence-electron chi connectivity index (χ3n) is 3.72. The Hall–Kier alpha value is -1.62. The summed E-state index contributed by atoms with van der Waals surface area (Å²) in [6.07, 6.45) is 3.80. The van der Waals surface area contributed by atoms with Crippen LogP contribution in [0, 0.1) is 6.92 Å². The molecule has 0 aliphatic carbocycles. The quantitative estimate of drug-likeness (QED) is 0.938. The first kappa shape index (κ1) is 14.8. The lowest BCUT2D eigenvalue weighted by Crippen LogP contribution is -2.34. The number of fused-ring (bicyclic) bond motifs is 1. The van der Waals surface area contributed by atoms with Gasteiger partial charge in [0.15, 0.2) is 0 Å². The van der Waals surface area contributed by atoms with Crippen molar-refractivity contribution in [3.8, 4) is 0 Å². The second-order valence-electron chi connectivity index (χ2n) is 5.21. The number of thiophene rings is 1. The lowest BCUT2D eigenvalue weighted by atomic mass is 10.1. The van der Waals surface area contributed by atoms with Gasteiger partial charge in [-0.1, -0.05) is 13.3 Å². The van der Waals surface area contributed by atoms with E-state index in [1.807, 2.05) is 20.0 Å². The Balaban J connectivity index is 2.40. The van der Waals surface area contributed by atoms with Gasteiger partial charge in [0, 0.05) is 24.7 Å². The van der Waals surface area contributed by atoms with E-state index >= 15 is 0 Å². The Morgan fingerprint density at radius 1 is 1.55 bits per heavy atom. The molecule has 0 aliphatic heterocycles. The molecule has 2 aromatic rings. The van der Waals surface area contributed by atoms with Crippen molar-refractivity contribution in [1.82, 2.24) is 9.88 Å². The zero-order chi connectivity index (χ0) is 14.9. The Kier molecular flexibility index (Phi) is 4.28. The first-order valence-electron chi connectivity index (χ1n) is 6.88. The summed E-state index contributed by atoms with van der Waals surface area (Å²) in [7, 11) is 1.84. The topological polar surface area (TPSA) is 59.2 Å². The predicted octanol–water partition coefficient (Wildman–Crippen LogP) is 3.45. The van der Waals surface area contributed by atoms with Gasteiger partial charge in [-0.2, -0.15) is 0 Å². The van der Waals surface area contributed by atoms with E-state index in [-0.39, 0.29) is 11.9 Å². The second kappa shape index (κ2) is 5.79. The monoisotopic (exact) mass is 291 g/mol. The summed E-state index contributed by atoms with van der Waals surface area (Å²) < 4.78 is 0. The number of pyridine rings is 1. The van der Waals surface area contributed by atoms with Crippen molar-refractivity contribution < 1.29 is 4.79 Å². The van der Waals surface area contributed by atoms with E-state index in [0.29, 0.717) is 10.6 Å². The molecule has 0 saturated heterocycles. The molecule has 0 bridgehead atoms. The summed E-state index contributed by atoms with van der Waals surface area (Å²) in [4.78, 5) is 20.1. The minimum absolute atomic E-state index is 0.00847. The van der Waals surface area contributed by atoms with Crippen molar-refractivity contribution in [2.45, 2.75) is 39.7 Å². The molecule has 0 spiro atoms. The maximum absolute atomic E-state index is 12.6. The molecule has 1 amide bonds. The lowest BCUT2D eigenvalue weighted by molar-refractivity contribution is 0.0742. The van der Waals surface area contributed by atoms with E-state index in [4.69, 9.17) is 5.73 Å². The fraction of sp³-hybridized carbons (Fsp3) is 0.467. The molecule has 108 valence electrons. The average Bonchev–Trinajstić information content (AvgIpc) is 2.76. The molecule has 2 rings (SSSR count). The van der Waals surface area contributed by atoms with Crippen LogP contribution in [0.15, 0.2) is 12.3 Å². The molecule has 4 nitrogen and oxygen atoms in total. The van der Waals surface area contributed by atoms with Crippen molar-refractivity contribution in [3.63, 3.8) is 0 Å². The maximum atomic E-state index is 12.6. The molecule has 5 heteroatoms. The molecule has 0 saturated carbocycles. The SMILES string of the molecule is CCCC(C)N(C)C(=O)c1sc2nccc(C)c2c1N. The number of aromatic nitrogens is 1. The van der Waals surface area contributed by atoms with Crippen LogP contribution in [0.4, 0.5) is 5.69 Å². The fourth-order valence-corrected chi connectivity index (χ4v) is 3.46. The Morgan fingerprint density at radius 2 is 2.25 bits per heavy atom. The van der Waals surface area contributed by atoms with Gasteiger partial charge in [-0.3, -0.25) is 4.79 Å². The summed E-state index contributed by atoms with van der Waals surface area (Å²) in [5, 5.41) is 0.914. The van der Waals surface area contributed by atoms with E-state index in [2.05, 4.69) is 18.8 Å². The van der Waals surface area contributed by atoms with Gasteiger partial charge >= 0.3 is 0 Å². The summed E-state index contributed by atoms with van der Waals surface area (Å²) in [5.41, 5.74) is 7.80. The summed E-state index contributed by atoms with van der Waals surface area (Å²) in [6, 6.07) is 2.13. The molecule has 20 heavy (non-hydrogen) atoms. The van der Waals surface area contributed by atoms with Gasteiger partial charge in [-0.25, -0.2) is 4.98 Å². The molecule has 2 N–H and O–H groups in total. The first-order chi connectivity index (χ1) is 9.47. The predicted molar refractivity (Wildman–Crippen MR) is 85.2 cm³/mol. The molecule has 0 radical (unpaired) electrons. The number of anilines is 1. The highest BCUT2D eigenvalue weighted by atomic mass is 32.1. The van der Waals surface area contributed by atoms with Crippen LogP contribution in [0.3, 0.4) is 0 Å². The second-order valence-corrected chi connectivity index (χ2v) is 6.21. The van der Waals surface area contributed by atoms with Crippen LogP contribution in [0.2, 0.25) is 0 Å². The molecule has 0 aliphatic rings. The zero-order valence-corrected chi connectivity index (χ0v) is 13.3. The molecule has 2 aromatic heterocycles. The van der Waals surface area contributed by atoms with E-state index in [1.165, 1.54) is 11.3 Å². The van der Waals surface area contributed by atoms with E-state index in [0.717, 1.165) is 28.6 Å². The highest BCUT2D eigenvalue weighted by Crippen LogP contribution is 2.35.